The molecule has 0 unspecified atom stereocenters. The van der Waals surface area contributed by atoms with Gasteiger partial charge in [-0.3, -0.25) is 4.68 Å². The summed E-state index contributed by atoms with van der Waals surface area (Å²) in [6.07, 6.45) is 2.87. The van der Waals surface area contributed by atoms with Crippen LogP contribution in [0.4, 0.5) is 0 Å². The molecular formula is C10H19N3. The molecule has 0 atom stereocenters. The van der Waals surface area contributed by atoms with Crippen molar-refractivity contribution in [2.45, 2.75) is 46.2 Å². The first-order valence-corrected chi connectivity index (χ1v) is 4.77. The minimum Gasteiger partial charge on any atom is -0.326 e. The second kappa shape index (κ2) is 3.50. The van der Waals surface area contributed by atoms with Gasteiger partial charge in [-0.15, -0.1) is 0 Å². The molecule has 1 aromatic rings. The molecule has 1 aromatic heterocycles. The van der Waals surface area contributed by atoms with E-state index in [9.17, 15) is 0 Å². The van der Waals surface area contributed by atoms with Crippen LogP contribution in [0.1, 0.15) is 39.0 Å². The van der Waals surface area contributed by atoms with Gasteiger partial charge in [0.1, 0.15) is 0 Å². The summed E-state index contributed by atoms with van der Waals surface area (Å²) in [4.78, 5) is 0. The first kappa shape index (κ1) is 10.3. The monoisotopic (exact) mass is 181 g/mol. The standard InChI is InChI=1S/C10H19N3/c1-5-9-8(6-11)7-12-13(9)10(2,3)4/h7H,5-6,11H2,1-4H3. The van der Waals surface area contributed by atoms with E-state index in [0.717, 1.165) is 12.0 Å². The number of hydrogen-bond donors (Lipinski definition) is 1. The normalized spacial score (nSPS) is 12.1. The van der Waals surface area contributed by atoms with Gasteiger partial charge in [0.05, 0.1) is 11.7 Å². The van der Waals surface area contributed by atoms with Crippen LogP contribution < -0.4 is 5.73 Å². The second-order valence-electron chi connectivity index (χ2n) is 4.26. The fourth-order valence-corrected chi connectivity index (χ4v) is 1.53. The minimum atomic E-state index is 0.0543. The summed E-state index contributed by atoms with van der Waals surface area (Å²) >= 11 is 0. The van der Waals surface area contributed by atoms with E-state index in [0.29, 0.717) is 6.54 Å². The molecule has 1 rings (SSSR count). The maximum atomic E-state index is 5.63. The van der Waals surface area contributed by atoms with E-state index in [2.05, 4.69) is 37.5 Å². The molecule has 13 heavy (non-hydrogen) atoms. The van der Waals surface area contributed by atoms with Crippen LogP contribution in [0.15, 0.2) is 6.20 Å². The van der Waals surface area contributed by atoms with Crippen LogP contribution in [-0.2, 0) is 18.5 Å². The van der Waals surface area contributed by atoms with Crippen molar-refractivity contribution in [1.29, 1.82) is 0 Å². The third kappa shape index (κ3) is 1.91. The fraction of sp³-hybridized carbons (Fsp3) is 0.700. The van der Waals surface area contributed by atoms with Gasteiger partial charge in [0.2, 0.25) is 0 Å². The van der Waals surface area contributed by atoms with Crippen LogP contribution in [0.2, 0.25) is 0 Å². The topological polar surface area (TPSA) is 43.8 Å². The van der Waals surface area contributed by atoms with Crippen LogP contribution in [-0.4, -0.2) is 9.78 Å². The Hall–Kier alpha value is -0.830. The molecule has 0 saturated carbocycles. The molecule has 0 saturated heterocycles. The van der Waals surface area contributed by atoms with Gasteiger partial charge in [0.15, 0.2) is 0 Å². The lowest BCUT2D eigenvalue weighted by molar-refractivity contribution is 0.344. The smallest absolute Gasteiger partial charge is 0.0546 e. The number of nitrogens with two attached hydrogens (primary N) is 1. The van der Waals surface area contributed by atoms with Crippen LogP contribution in [0.5, 0.6) is 0 Å². The summed E-state index contributed by atoms with van der Waals surface area (Å²) in [5, 5.41) is 4.37. The zero-order valence-corrected chi connectivity index (χ0v) is 8.96. The summed E-state index contributed by atoms with van der Waals surface area (Å²) in [6.45, 7) is 9.18. The van der Waals surface area contributed by atoms with Gasteiger partial charge >= 0.3 is 0 Å². The molecule has 0 aromatic carbocycles. The van der Waals surface area contributed by atoms with Crippen LogP contribution in [0.25, 0.3) is 0 Å². The van der Waals surface area contributed by atoms with Gasteiger partial charge in [-0.1, -0.05) is 6.92 Å². The average Bonchev–Trinajstić information content (AvgIpc) is 2.45. The Kier molecular flexibility index (Phi) is 2.76. The predicted molar refractivity (Wildman–Crippen MR) is 54.5 cm³/mol. The Labute approximate surface area is 79.9 Å². The molecular weight excluding hydrogens is 162 g/mol. The van der Waals surface area contributed by atoms with Crippen molar-refractivity contribution in [2.75, 3.05) is 0 Å². The van der Waals surface area contributed by atoms with E-state index >= 15 is 0 Å². The summed E-state index contributed by atoms with van der Waals surface area (Å²) in [5.74, 6) is 0. The SMILES string of the molecule is CCc1c(CN)cnn1C(C)(C)C. The molecule has 2 N–H and O–H groups in total. The fourth-order valence-electron chi connectivity index (χ4n) is 1.53. The van der Waals surface area contributed by atoms with E-state index in [1.54, 1.807) is 0 Å². The first-order chi connectivity index (χ1) is 6.00. The van der Waals surface area contributed by atoms with Gasteiger partial charge < -0.3 is 5.73 Å². The highest BCUT2D eigenvalue weighted by atomic mass is 15.3. The van der Waals surface area contributed by atoms with E-state index in [1.165, 1.54) is 5.69 Å². The van der Waals surface area contributed by atoms with E-state index in [-0.39, 0.29) is 5.54 Å². The van der Waals surface area contributed by atoms with E-state index in [4.69, 9.17) is 5.73 Å². The minimum absolute atomic E-state index is 0.0543. The second-order valence-corrected chi connectivity index (χ2v) is 4.26. The molecule has 0 aliphatic heterocycles. The zero-order valence-electron chi connectivity index (χ0n) is 8.96. The number of hydrogen-bond acceptors (Lipinski definition) is 2. The van der Waals surface area contributed by atoms with Gasteiger partial charge in [0.25, 0.3) is 0 Å². The largest absolute Gasteiger partial charge is 0.326 e. The van der Waals surface area contributed by atoms with E-state index < -0.39 is 0 Å². The molecule has 3 nitrogen and oxygen atoms in total. The molecule has 0 aliphatic carbocycles. The summed E-state index contributed by atoms with van der Waals surface area (Å²) < 4.78 is 2.06. The molecule has 1 heterocycles. The maximum Gasteiger partial charge on any atom is 0.0546 e. The highest BCUT2D eigenvalue weighted by Crippen LogP contribution is 2.19. The zero-order chi connectivity index (χ0) is 10.1. The highest BCUT2D eigenvalue weighted by Gasteiger charge is 2.18. The Morgan fingerprint density at radius 2 is 2.08 bits per heavy atom. The Morgan fingerprint density at radius 3 is 2.46 bits per heavy atom. The van der Waals surface area contributed by atoms with Crippen molar-refractivity contribution in [2.24, 2.45) is 5.73 Å². The first-order valence-electron chi connectivity index (χ1n) is 4.77. The number of aromatic nitrogens is 2. The van der Waals surface area contributed by atoms with Gasteiger partial charge in [0, 0.05) is 17.8 Å². The molecule has 0 radical (unpaired) electrons. The van der Waals surface area contributed by atoms with Crippen LogP contribution in [0, 0.1) is 0 Å². The Morgan fingerprint density at radius 1 is 1.46 bits per heavy atom. The van der Waals surface area contributed by atoms with Crippen molar-refractivity contribution < 1.29 is 0 Å². The molecule has 0 amide bonds. The van der Waals surface area contributed by atoms with Gasteiger partial charge in [-0.25, -0.2) is 0 Å². The lowest BCUT2D eigenvalue weighted by Crippen LogP contribution is -2.25. The molecule has 0 bridgehead atoms. The van der Waals surface area contributed by atoms with Crippen molar-refractivity contribution >= 4 is 0 Å². The summed E-state index contributed by atoms with van der Waals surface area (Å²) in [5.41, 5.74) is 8.11. The quantitative estimate of drug-likeness (QED) is 0.754. The van der Waals surface area contributed by atoms with Crippen molar-refractivity contribution in [3.63, 3.8) is 0 Å². The summed E-state index contributed by atoms with van der Waals surface area (Å²) in [6, 6.07) is 0. The Bertz CT molecular complexity index is 281. The van der Waals surface area contributed by atoms with Crippen LogP contribution >= 0.6 is 0 Å². The lowest BCUT2D eigenvalue weighted by Gasteiger charge is -2.22. The Balaban J connectivity index is 3.16. The van der Waals surface area contributed by atoms with Gasteiger partial charge in [-0.05, 0) is 27.2 Å². The molecule has 0 spiro atoms. The average molecular weight is 181 g/mol. The molecule has 74 valence electrons. The number of nitrogens with zero attached hydrogens (tertiary/aromatic N) is 2. The summed E-state index contributed by atoms with van der Waals surface area (Å²) in [7, 11) is 0. The predicted octanol–water partition coefficient (Wildman–Crippen LogP) is 1.66. The highest BCUT2D eigenvalue weighted by molar-refractivity contribution is 5.18. The lowest BCUT2D eigenvalue weighted by atomic mass is 10.1. The third-order valence-electron chi connectivity index (χ3n) is 2.15. The molecule has 3 heteroatoms. The maximum absolute atomic E-state index is 5.63. The number of rotatable bonds is 2. The van der Waals surface area contributed by atoms with Crippen molar-refractivity contribution in [3.8, 4) is 0 Å². The molecule has 0 aliphatic rings. The third-order valence-corrected chi connectivity index (χ3v) is 2.15. The van der Waals surface area contributed by atoms with Crippen molar-refractivity contribution in [3.05, 3.63) is 17.5 Å². The molecule has 0 fully saturated rings. The van der Waals surface area contributed by atoms with Crippen molar-refractivity contribution in [1.82, 2.24) is 9.78 Å². The van der Waals surface area contributed by atoms with Gasteiger partial charge in [-0.2, -0.15) is 5.10 Å². The van der Waals surface area contributed by atoms with Crippen LogP contribution in [0.3, 0.4) is 0 Å². The van der Waals surface area contributed by atoms with E-state index in [1.807, 2.05) is 6.20 Å².